The van der Waals surface area contributed by atoms with Gasteiger partial charge in [-0.2, -0.15) is 0 Å². The highest BCUT2D eigenvalue weighted by molar-refractivity contribution is 6.99. The van der Waals surface area contributed by atoms with Crippen LogP contribution in [0.2, 0.25) is 5.04 Å². The Bertz CT molecular complexity index is 835. The van der Waals surface area contributed by atoms with Gasteiger partial charge in [-0.25, -0.2) is 0 Å². The van der Waals surface area contributed by atoms with Gasteiger partial charge in [0.1, 0.15) is 0 Å². The van der Waals surface area contributed by atoms with Crippen molar-refractivity contribution in [1.29, 1.82) is 0 Å². The molecule has 34 heavy (non-hydrogen) atoms. The van der Waals surface area contributed by atoms with E-state index in [9.17, 15) is 0 Å². The first-order valence-corrected chi connectivity index (χ1v) is 14.9. The fourth-order valence-electron chi connectivity index (χ4n) is 4.74. The number of hydrogen-bond acceptors (Lipinski definition) is 3. The minimum atomic E-state index is -2.45. The van der Waals surface area contributed by atoms with E-state index in [0.29, 0.717) is 6.61 Å². The van der Waals surface area contributed by atoms with E-state index in [1.54, 1.807) is 0 Å². The summed E-state index contributed by atoms with van der Waals surface area (Å²) in [6.07, 6.45) is 8.54. The van der Waals surface area contributed by atoms with E-state index in [2.05, 4.69) is 93.3 Å². The first-order chi connectivity index (χ1) is 16.5. The van der Waals surface area contributed by atoms with Crippen LogP contribution >= 0.6 is 0 Å². The molecule has 1 heterocycles. The van der Waals surface area contributed by atoms with Crippen molar-refractivity contribution in [3.8, 4) is 11.8 Å². The Kier molecular flexibility index (Phi) is 10.9. The van der Waals surface area contributed by atoms with Gasteiger partial charge in [0.15, 0.2) is 6.29 Å². The molecule has 0 amide bonds. The molecule has 1 saturated heterocycles. The van der Waals surface area contributed by atoms with Gasteiger partial charge in [0.2, 0.25) is 0 Å². The molecule has 2 aromatic rings. The second kappa shape index (κ2) is 13.9. The molecule has 0 bridgehead atoms. The molecule has 4 heteroatoms. The van der Waals surface area contributed by atoms with Crippen LogP contribution in [0.5, 0.6) is 0 Å². The maximum atomic E-state index is 6.89. The summed E-state index contributed by atoms with van der Waals surface area (Å²) in [6, 6.07) is 21.6. The molecule has 3 nitrogen and oxygen atoms in total. The summed E-state index contributed by atoms with van der Waals surface area (Å²) in [5.41, 5.74) is 0. The van der Waals surface area contributed by atoms with Gasteiger partial charge >= 0.3 is 0 Å². The van der Waals surface area contributed by atoms with E-state index in [1.807, 2.05) is 0 Å². The van der Waals surface area contributed by atoms with E-state index in [4.69, 9.17) is 13.9 Å². The third kappa shape index (κ3) is 7.55. The van der Waals surface area contributed by atoms with Crippen LogP contribution in [0.1, 0.15) is 72.1 Å². The molecule has 1 aliphatic heterocycles. The fraction of sp³-hybridized carbons (Fsp3) is 0.533. The maximum absolute atomic E-state index is 6.89. The zero-order chi connectivity index (χ0) is 24.1. The fourth-order valence-corrected chi connectivity index (χ4v) is 9.31. The van der Waals surface area contributed by atoms with Crippen molar-refractivity contribution in [3.63, 3.8) is 0 Å². The molecule has 0 radical (unpaired) electrons. The molecule has 2 aromatic carbocycles. The zero-order valence-electron chi connectivity index (χ0n) is 21.4. The summed E-state index contributed by atoms with van der Waals surface area (Å²) in [5.74, 6) is 6.70. The second-order valence-electron chi connectivity index (χ2n) is 10.1. The van der Waals surface area contributed by atoms with Crippen molar-refractivity contribution < 1.29 is 13.9 Å². The monoisotopic (exact) mass is 478 g/mol. The lowest BCUT2D eigenvalue weighted by Gasteiger charge is -2.43. The maximum Gasteiger partial charge on any atom is 0.261 e. The summed E-state index contributed by atoms with van der Waals surface area (Å²) < 4.78 is 18.3. The Morgan fingerprint density at radius 3 is 2.06 bits per heavy atom. The third-order valence-electron chi connectivity index (χ3n) is 6.48. The van der Waals surface area contributed by atoms with Crippen LogP contribution in [0.4, 0.5) is 0 Å². The molecule has 1 aliphatic rings. The van der Waals surface area contributed by atoms with Crippen molar-refractivity contribution in [2.45, 2.75) is 83.5 Å². The van der Waals surface area contributed by atoms with Crippen molar-refractivity contribution >= 4 is 18.7 Å². The molecule has 0 aliphatic carbocycles. The molecule has 0 spiro atoms. The van der Waals surface area contributed by atoms with Gasteiger partial charge in [0.25, 0.3) is 8.32 Å². The Morgan fingerprint density at radius 2 is 1.47 bits per heavy atom. The Morgan fingerprint density at radius 1 is 0.824 bits per heavy atom. The molecule has 1 unspecified atom stereocenters. The highest BCUT2D eigenvalue weighted by Gasteiger charge is 2.49. The van der Waals surface area contributed by atoms with Crippen LogP contribution in [0, 0.1) is 11.8 Å². The van der Waals surface area contributed by atoms with Crippen LogP contribution in [0.3, 0.4) is 0 Å². The van der Waals surface area contributed by atoms with E-state index >= 15 is 0 Å². The SMILES string of the molecule is CC(C)(C)[Si](OCCC#CCCCCCOC1CCCCO1)(c1ccccc1)c1ccccc1. The lowest BCUT2D eigenvalue weighted by Crippen LogP contribution is -2.66. The number of benzene rings is 2. The van der Waals surface area contributed by atoms with Gasteiger partial charge in [-0.3, -0.25) is 0 Å². The second-order valence-corrected chi connectivity index (χ2v) is 14.4. The smallest absolute Gasteiger partial charge is 0.261 e. The van der Waals surface area contributed by atoms with Gasteiger partial charge in [0.05, 0.1) is 0 Å². The molecule has 0 aromatic heterocycles. The Labute approximate surface area is 208 Å². The van der Waals surface area contributed by atoms with E-state index in [0.717, 1.165) is 51.7 Å². The summed E-state index contributed by atoms with van der Waals surface area (Å²) in [6.45, 7) is 9.25. The molecular weight excluding hydrogens is 436 g/mol. The van der Waals surface area contributed by atoms with Crippen LogP contribution in [-0.2, 0) is 13.9 Å². The molecule has 1 atom stereocenters. The average molecular weight is 479 g/mol. The van der Waals surface area contributed by atoms with Crippen LogP contribution in [0.15, 0.2) is 60.7 Å². The van der Waals surface area contributed by atoms with Gasteiger partial charge < -0.3 is 13.9 Å². The third-order valence-corrected chi connectivity index (χ3v) is 11.5. The van der Waals surface area contributed by atoms with E-state index < -0.39 is 8.32 Å². The zero-order valence-corrected chi connectivity index (χ0v) is 22.4. The van der Waals surface area contributed by atoms with Gasteiger partial charge in [-0.1, -0.05) is 87.9 Å². The molecule has 3 rings (SSSR count). The molecule has 0 N–H and O–H groups in total. The highest BCUT2D eigenvalue weighted by atomic mass is 28.4. The number of rotatable bonds is 11. The molecule has 184 valence electrons. The molecule has 1 fully saturated rings. The van der Waals surface area contributed by atoms with Gasteiger partial charge in [0, 0.05) is 32.7 Å². The van der Waals surface area contributed by atoms with Crippen LogP contribution in [-0.4, -0.2) is 34.4 Å². The van der Waals surface area contributed by atoms with E-state index in [1.165, 1.54) is 23.2 Å². The minimum absolute atomic E-state index is 0.00781. The average Bonchev–Trinajstić information content (AvgIpc) is 2.86. The van der Waals surface area contributed by atoms with E-state index in [-0.39, 0.29) is 11.3 Å². The predicted molar refractivity (Wildman–Crippen MR) is 144 cm³/mol. The van der Waals surface area contributed by atoms with Crippen molar-refractivity contribution in [1.82, 2.24) is 0 Å². The standard InChI is InChI=1S/C30H42O3Si/c1-30(2,3)34(27-19-11-9-12-20-27,28-21-13-10-14-22-28)33-26-17-8-6-4-5-7-16-24-31-29-23-15-18-25-32-29/h9-14,19-22,29H,4-5,7,15-18,23-26H2,1-3H3. The lowest BCUT2D eigenvalue weighted by molar-refractivity contribution is -0.162. The summed E-state index contributed by atoms with van der Waals surface area (Å²) >= 11 is 0. The van der Waals surface area contributed by atoms with Crippen molar-refractivity contribution in [2.75, 3.05) is 19.8 Å². The first kappa shape index (κ1) is 26.7. The minimum Gasteiger partial charge on any atom is -0.406 e. The largest absolute Gasteiger partial charge is 0.406 e. The van der Waals surface area contributed by atoms with Crippen LogP contribution in [0.25, 0.3) is 0 Å². The summed E-state index contributed by atoms with van der Waals surface area (Å²) in [4.78, 5) is 0. The van der Waals surface area contributed by atoms with Crippen molar-refractivity contribution in [3.05, 3.63) is 60.7 Å². The summed E-state index contributed by atoms with van der Waals surface area (Å²) in [5, 5.41) is 2.65. The lowest BCUT2D eigenvalue weighted by atomic mass is 10.2. The highest BCUT2D eigenvalue weighted by Crippen LogP contribution is 2.36. The van der Waals surface area contributed by atoms with Gasteiger partial charge in [-0.15, -0.1) is 11.8 Å². The quantitative estimate of drug-likeness (QED) is 0.223. The van der Waals surface area contributed by atoms with Crippen molar-refractivity contribution in [2.24, 2.45) is 0 Å². The first-order valence-electron chi connectivity index (χ1n) is 13.0. The molecule has 0 saturated carbocycles. The number of hydrogen-bond donors (Lipinski definition) is 0. The predicted octanol–water partition coefficient (Wildman–Crippen LogP) is 6.06. The Hall–Kier alpha value is -1.90. The number of ether oxygens (including phenoxy) is 2. The van der Waals surface area contributed by atoms with Crippen LogP contribution < -0.4 is 10.4 Å². The summed E-state index contributed by atoms with van der Waals surface area (Å²) in [7, 11) is -2.45. The topological polar surface area (TPSA) is 27.7 Å². The normalized spacial score (nSPS) is 16.6. The van der Waals surface area contributed by atoms with Gasteiger partial charge in [-0.05, 0) is 47.5 Å². The molecular formula is C30H42O3Si. The number of unbranched alkanes of at least 4 members (excludes halogenated alkanes) is 3. The Balaban J connectivity index is 1.47.